The van der Waals surface area contributed by atoms with Crippen LogP contribution < -0.4 is 5.73 Å². The lowest BCUT2D eigenvalue weighted by Gasteiger charge is -2.13. The summed E-state index contributed by atoms with van der Waals surface area (Å²) < 4.78 is 0. The summed E-state index contributed by atoms with van der Waals surface area (Å²) in [6, 6.07) is 12.6. The summed E-state index contributed by atoms with van der Waals surface area (Å²) in [7, 11) is 0. The van der Waals surface area contributed by atoms with Crippen LogP contribution >= 0.6 is 0 Å². The van der Waals surface area contributed by atoms with E-state index in [0.29, 0.717) is 0 Å². The van der Waals surface area contributed by atoms with E-state index in [1.54, 1.807) is 6.20 Å². The van der Waals surface area contributed by atoms with Crippen LogP contribution in [-0.4, -0.2) is 11.0 Å². The van der Waals surface area contributed by atoms with Crippen LogP contribution in [0.25, 0.3) is 0 Å². The molecule has 1 heterocycles. The summed E-state index contributed by atoms with van der Waals surface area (Å²) in [5, 5.41) is 0. The second-order valence-electron chi connectivity index (χ2n) is 4.46. The summed E-state index contributed by atoms with van der Waals surface area (Å²) >= 11 is 0. The molecule has 2 rings (SSSR count). The number of rotatable bonds is 4. The van der Waals surface area contributed by atoms with E-state index in [1.807, 2.05) is 12.3 Å². The SMILES string of the molecule is Cc1ccccc1CC(N)Cc1cccnc1. The zero-order valence-electron chi connectivity index (χ0n) is 10.1. The van der Waals surface area contributed by atoms with Gasteiger partial charge >= 0.3 is 0 Å². The lowest BCUT2D eigenvalue weighted by molar-refractivity contribution is 0.661. The lowest BCUT2D eigenvalue weighted by atomic mass is 9.98. The zero-order valence-corrected chi connectivity index (χ0v) is 10.1. The van der Waals surface area contributed by atoms with Gasteiger partial charge in [0, 0.05) is 18.4 Å². The van der Waals surface area contributed by atoms with Gasteiger partial charge in [0.05, 0.1) is 0 Å². The van der Waals surface area contributed by atoms with Crippen LogP contribution in [0.5, 0.6) is 0 Å². The Kier molecular flexibility index (Phi) is 3.89. The Labute approximate surface area is 103 Å². The number of aromatic nitrogens is 1. The standard InChI is InChI=1S/C15H18N2/c1-12-5-2-3-7-14(12)10-15(16)9-13-6-4-8-17-11-13/h2-8,11,15H,9-10,16H2,1H3. The molecule has 0 amide bonds. The maximum atomic E-state index is 6.18. The topological polar surface area (TPSA) is 38.9 Å². The quantitative estimate of drug-likeness (QED) is 0.870. The maximum absolute atomic E-state index is 6.18. The van der Waals surface area contributed by atoms with Gasteiger partial charge in [-0.15, -0.1) is 0 Å². The Morgan fingerprint density at radius 3 is 2.65 bits per heavy atom. The third-order valence-electron chi connectivity index (χ3n) is 2.96. The van der Waals surface area contributed by atoms with Gasteiger partial charge < -0.3 is 5.73 Å². The molecule has 0 radical (unpaired) electrons. The molecule has 0 aliphatic rings. The van der Waals surface area contributed by atoms with Crippen molar-refractivity contribution in [3.8, 4) is 0 Å². The van der Waals surface area contributed by atoms with E-state index in [0.717, 1.165) is 12.8 Å². The van der Waals surface area contributed by atoms with Crippen LogP contribution in [0, 0.1) is 6.92 Å². The third-order valence-corrected chi connectivity index (χ3v) is 2.96. The molecule has 1 aromatic carbocycles. The molecular formula is C15H18N2. The fraction of sp³-hybridized carbons (Fsp3) is 0.267. The Balaban J connectivity index is 1.98. The van der Waals surface area contributed by atoms with Crippen LogP contribution in [0.4, 0.5) is 0 Å². The smallest absolute Gasteiger partial charge is 0.0300 e. The molecule has 2 nitrogen and oxygen atoms in total. The maximum Gasteiger partial charge on any atom is 0.0300 e. The van der Waals surface area contributed by atoms with Gasteiger partial charge in [-0.25, -0.2) is 0 Å². The predicted octanol–water partition coefficient (Wildman–Crippen LogP) is 2.50. The van der Waals surface area contributed by atoms with Crippen molar-refractivity contribution in [3.05, 3.63) is 65.5 Å². The summed E-state index contributed by atoms with van der Waals surface area (Å²) in [5.74, 6) is 0. The van der Waals surface area contributed by atoms with Gasteiger partial charge in [0.15, 0.2) is 0 Å². The van der Waals surface area contributed by atoms with Crippen molar-refractivity contribution < 1.29 is 0 Å². The minimum Gasteiger partial charge on any atom is -0.327 e. The molecule has 0 bridgehead atoms. The van der Waals surface area contributed by atoms with Gasteiger partial charge in [-0.05, 0) is 42.5 Å². The third kappa shape index (κ3) is 3.40. The minimum atomic E-state index is 0.153. The number of nitrogens with two attached hydrogens (primary N) is 1. The molecule has 17 heavy (non-hydrogen) atoms. The second-order valence-corrected chi connectivity index (χ2v) is 4.46. The van der Waals surface area contributed by atoms with E-state index in [1.165, 1.54) is 16.7 Å². The normalized spacial score (nSPS) is 12.4. The number of benzene rings is 1. The molecule has 1 atom stereocenters. The molecule has 2 N–H and O–H groups in total. The van der Waals surface area contributed by atoms with Crippen molar-refractivity contribution in [2.24, 2.45) is 5.73 Å². The highest BCUT2D eigenvalue weighted by molar-refractivity contribution is 5.26. The predicted molar refractivity (Wildman–Crippen MR) is 70.8 cm³/mol. The van der Waals surface area contributed by atoms with Gasteiger partial charge in [0.25, 0.3) is 0 Å². The van der Waals surface area contributed by atoms with Crippen LogP contribution in [-0.2, 0) is 12.8 Å². The van der Waals surface area contributed by atoms with E-state index in [9.17, 15) is 0 Å². The molecule has 0 fully saturated rings. The fourth-order valence-corrected chi connectivity index (χ4v) is 2.02. The van der Waals surface area contributed by atoms with Crippen molar-refractivity contribution in [3.63, 3.8) is 0 Å². The number of hydrogen-bond donors (Lipinski definition) is 1. The Bertz CT molecular complexity index is 465. The summed E-state index contributed by atoms with van der Waals surface area (Å²) in [6.07, 6.45) is 5.47. The van der Waals surface area contributed by atoms with Crippen LogP contribution in [0.3, 0.4) is 0 Å². The molecule has 88 valence electrons. The van der Waals surface area contributed by atoms with Gasteiger partial charge in [0.2, 0.25) is 0 Å². The largest absolute Gasteiger partial charge is 0.327 e. The highest BCUT2D eigenvalue weighted by Gasteiger charge is 2.06. The molecule has 0 aliphatic carbocycles. The fourth-order valence-electron chi connectivity index (χ4n) is 2.02. The summed E-state index contributed by atoms with van der Waals surface area (Å²) in [4.78, 5) is 4.11. The first-order valence-corrected chi connectivity index (χ1v) is 5.94. The van der Waals surface area contributed by atoms with Gasteiger partial charge in [-0.3, -0.25) is 4.98 Å². The zero-order chi connectivity index (χ0) is 12.1. The van der Waals surface area contributed by atoms with Crippen molar-refractivity contribution in [2.45, 2.75) is 25.8 Å². The first-order valence-electron chi connectivity index (χ1n) is 5.94. The molecular weight excluding hydrogens is 208 g/mol. The number of nitrogens with zero attached hydrogens (tertiary/aromatic N) is 1. The molecule has 0 saturated heterocycles. The Morgan fingerprint density at radius 1 is 1.12 bits per heavy atom. The van der Waals surface area contributed by atoms with Crippen LogP contribution in [0.15, 0.2) is 48.8 Å². The number of pyridine rings is 1. The Hall–Kier alpha value is -1.67. The first-order chi connectivity index (χ1) is 8.25. The molecule has 2 aromatic rings. The monoisotopic (exact) mass is 226 g/mol. The average Bonchev–Trinajstić information content (AvgIpc) is 2.33. The van der Waals surface area contributed by atoms with E-state index in [-0.39, 0.29) is 6.04 Å². The summed E-state index contributed by atoms with van der Waals surface area (Å²) in [5.41, 5.74) is 10.0. The van der Waals surface area contributed by atoms with Crippen molar-refractivity contribution >= 4 is 0 Å². The van der Waals surface area contributed by atoms with Gasteiger partial charge in [-0.1, -0.05) is 30.3 Å². The summed E-state index contributed by atoms with van der Waals surface area (Å²) in [6.45, 7) is 2.13. The van der Waals surface area contributed by atoms with Gasteiger partial charge in [-0.2, -0.15) is 0 Å². The molecule has 0 saturated carbocycles. The van der Waals surface area contributed by atoms with Crippen molar-refractivity contribution in [2.75, 3.05) is 0 Å². The molecule has 0 spiro atoms. The average molecular weight is 226 g/mol. The Morgan fingerprint density at radius 2 is 1.94 bits per heavy atom. The van der Waals surface area contributed by atoms with Crippen molar-refractivity contribution in [1.82, 2.24) is 4.98 Å². The van der Waals surface area contributed by atoms with E-state index >= 15 is 0 Å². The second kappa shape index (κ2) is 5.60. The van der Waals surface area contributed by atoms with E-state index in [2.05, 4.69) is 42.2 Å². The lowest BCUT2D eigenvalue weighted by Crippen LogP contribution is -2.25. The molecule has 0 aliphatic heterocycles. The van der Waals surface area contributed by atoms with Crippen LogP contribution in [0.2, 0.25) is 0 Å². The van der Waals surface area contributed by atoms with Gasteiger partial charge in [0.1, 0.15) is 0 Å². The van der Waals surface area contributed by atoms with E-state index < -0.39 is 0 Å². The molecule has 1 aromatic heterocycles. The molecule has 2 heteroatoms. The van der Waals surface area contributed by atoms with E-state index in [4.69, 9.17) is 5.73 Å². The first kappa shape index (κ1) is 11.8. The molecule has 1 unspecified atom stereocenters. The number of hydrogen-bond acceptors (Lipinski definition) is 2. The highest BCUT2D eigenvalue weighted by atomic mass is 14.6. The van der Waals surface area contributed by atoms with Crippen LogP contribution in [0.1, 0.15) is 16.7 Å². The van der Waals surface area contributed by atoms with Crippen molar-refractivity contribution in [1.29, 1.82) is 0 Å². The minimum absolute atomic E-state index is 0.153. The number of aryl methyl sites for hydroxylation is 1. The highest BCUT2D eigenvalue weighted by Crippen LogP contribution is 2.11.